The zero-order valence-corrected chi connectivity index (χ0v) is 10.0. The Labute approximate surface area is 106 Å². The first-order valence-electron chi connectivity index (χ1n) is 5.42. The first kappa shape index (κ1) is 11.9. The SMILES string of the molecule is O[C@@H](/C=C/c1ccc(Cl)cc1)c1ccccc1. The van der Waals surface area contributed by atoms with Crippen LogP contribution < -0.4 is 0 Å². The van der Waals surface area contributed by atoms with Gasteiger partial charge in [0.2, 0.25) is 0 Å². The van der Waals surface area contributed by atoms with Crippen LogP contribution in [0.5, 0.6) is 0 Å². The van der Waals surface area contributed by atoms with Gasteiger partial charge >= 0.3 is 0 Å². The molecule has 0 amide bonds. The van der Waals surface area contributed by atoms with Gasteiger partial charge in [-0.25, -0.2) is 0 Å². The molecule has 0 saturated carbocycles. The summed E-state index contributed by atoms with van der Waals surface area (Å²) in [6.07, 6.45) is 3.07. The molecule has 0 unspecified atom stereocenters. The molecule has 0 heterocycles. The summed E-state index contributed by atoms with van der Waals surface area (Å²) in [6.45, 7) is 0. The maximum atomic E-state index is 9.92. The van der Waals surface area contributed by atoms with Crippen molar-refractivity contribution in [2.45, 2.75) is 6.10 Å². The number of halogens is 1. The van der Waals surface area contributed by atoms with Gasteiger partial charge in [-0.1, -0.05) is 66.2 Å². The second-order valence-corrected chi connectivity index (χ2v) is 4.20. The van der Waals surface area contributed by atoms with Gasteiger partial charge < -0.3 is 5.11 Å². The molecule has 0 aliphatic rings. The molecule has 0 aromatic heterocycles. The van der Waals surface area contributed by atoms with Crippen molar-refractivity contribution in [3.8, 4) is 0 Å². The Kier molecular flexibility index (Phi) is 3.97. The van der Waals surface area contributed by atoms with Crippen LogP contribution in [0.3, 0.4) is 0 Å². The first-order valence-corrected chi connectivity index (χ1v) is 5.80. The number of aliphatic hydroxyl groups is 1. The van der Waals surface area contributed by atoms with Crippen molar-refractivity contribution in [3.05, 3.63) is 76.8 Å². The predicted octanol–water partition coefficient (Wildman–Crippen LogP) is 4.09. The summed E-state index contributed by atoms with van der Waals surface area (Å²) in [4.78, 5) is 0. The maximum absolute atomic E-state index is 9.92. The highest BCUT2D eigenvalue weighted by molar-refractivity contribution is 6.30. The molecule has 2 aromatic rings. The first-order chi connectivity index (χ1) is 8.25. The molecule has 0 saturated heterocycles. The predicted molar refractivity (Wildman–Crippen MR) is 71.9 cm³/mol. The average Bonchev–Trinajstić information content (AvgIpc) is 2.39. The Hall–Kier alpha value is -1.57. The van der Waals surface area contributed by atoms with E-state index >= 15 is 0 Å². The highest BCUT2D eigenvalue weighted by Crippen LogP contribution is 2.16. The number of aliphatic hydroxyl groups excluding tert-OH is 1. The molecule has 1 N–H and O–H groups in total. The molecular weight excluding hydrogens is 232 g/mol. The zero-order valence-electron chi connectivity index (χ0n) is 9.25. The van der Waals surface area contributed by atoms with Gasteiger partial charge in [0.25, 0.3) is 0 Å². The van der Waals surface area contributed by atoms with Crippen LogP contribution in [0.1, 0.15) is 17.2 Å². The fourth-order valence-electron chi connectivity index (χ4n) is 1.54. The summed E-state index contributed by atoms with van der Waals surface area (Å²) in [5.74, 6) is 0. The molecule has 0 fully saturated rings. The van der Waals surface area contributed by atoms with Gasteiger partial charge in [0.15, 0.2) is 0 Å². The fraction of sp³-hybridized carbons (Fsp3) is 0.0667. The second kappa shape index (κ2) is 5.67. The third-order valence-corrected chi connectivity index (χ3v) is 2.73. The van der Waals surface area contributed by atoms with Gasteiger partial charge in [-0.15, -0.1) is 0 Å². The quantitative estimate of drug-likeness (QED) is 0.862. The fourth-order valence-corrected chi connectivity index (χ4v) is 1.66. The van der Waals surface area contributed by atoms with Crippen molar-refractivity contribution < 1.29 is 5.11 Å². The van der Waals surface area contributed by atoms with E-state index < -0.39 is 6.10 Å². The molecule has 2 rings (SSSR count). The minimum atomic E-state index is -0.577. The van der Waals surface area contributed by atoms with Crippen LogP contribution in [0.4, 0.5) is 0 Å². The van der Waals surface area contributed by atoms with Gasteiger partial charge in [-0.3, -0.25) is 0 Å². The minimum Gasteiger partial charge on any atom is -0.384 e. The molecule has 0 bridgehead atoms. The second-order valence-electron chi connectivity index (χ2n) is 3.77. The normalized spacial score (nSPS) is 12.8. The summed E-state index contributed by atoms with van der Waals surface area (Å²) < 4.78 is 0. The molecule has 2 aromatic carbocycles. The van der Waals surface area contributed by atoms with Crippen molar-refractivity contribution in [3.63, 3.8) is 0 Å². The van der Waals surface area contributed by atoms with E-state index in [1.54, 1.807) is 6.08 Å². The van der Waals surface area contributed by atoms with E-state index in [4.69, 9.17) is 11.6 Å². The van der Waals surface area contributed by atoms with Gasteiger partial charge in [0.1, 0.15) is 0 Å². The Morgan fingerprint density at radius 1 is 0.941 bits per heavy atom. The molecule has 0 aliphatic heterocycles. The molecule has 0 aliphatic carbocycles. The van der Waals surface area contributed by atoms with Gasteiger partial charge in [-0.05, 0) is 23.3 Å². The molecule has 1 nitrogen and oxygen atoms in total. The summed E-state index contributed by atoms with van der Waals surface area (Å²) in [5, 5.41) is 10.6. The highest BCUT2D eigenvalue weighted by atomic mass is 35.5. The van der Waals surface area contributed by atoms with Crippen LogP contribution in [0, 0.1) is 0 Å². The monoisotopic (exact) mass is 244 g/mol. The van der Waals surface area contributed by atoms with Crippen LogP contribution >= 0.6 is 11.6 Å². The van der Waals surface area contributed by atoms with Crippen LogP contribution in [0.15, 0.2) is 60.7 Å². The number of rotatable bonds is 3. The van der Waals surface area contributed by atoms with Gasteiger partial charge in [0, 0.05) is 5.02 Å². The molecule has 0 spiro atoms. The number of benzene rings is 2. The van der Waals surface area contributed by atoms with Crippen LogP contribution in [0.25, 0.3) is 6.08 Å². The van der Waals surface area contributed by atoms with Crippen molar-refractivity contribution in [2.75, 3.05) is 0 Å². The third-order valence-electron chi connectivity index (χ3n) is 2.48. The van der Waals surface area contributed by atoms with E-state index in [-0.39, 0.29) is 0 Å². The van der Waals surface area contributed by atoms with E-state index in [0.29, 0.717) is 5.02 Å². The topological polar surface area (TPSA) is 20.2 Å². The zero-order chi connectivity index (χ0) is 12.1. The lowest BCUT2D eigenvalue weighted by Gasteiger charge is -2.04. The van der Waals surface area contributed by atoms with Crippen molar-refractivity contribution in [2.24, 2.45) is 0 Å². The number of hydrogen-bond acceptors (Lipinski definition) is 1. The summed E-state index contributed by atoms with van der Waals surface area (Å²) in [5.41, 5.74) is 1.90. The van der Waals surface area contributed by atoms with Crippen molar-refractivity contribution >= 4 is 17.7 Å². The molecule has 2 heteroatoms. The van der Waals surface area contributed by atoms with E-state index in [2.05, 4.69) is 0 Å². The van der Waals surface area contributed by atoms with Crippen molar-refractivity contribution in [1.29, 1.82) is 0 Å². The van der Waals surface area contributed by atoms with Gasteiger partial charge in [0.05, 0.1) is 6.10 Å². The van der Waals surface area contributed by atoms with Crippen LogP contribution in [0.2, 0.25) is 5.02 Å². The summed E-state index contributed by atoms with van der Waals surface area (Å²) >= 11 is 5.80. The molecule has 17 heavy (non-hydrogen) atoms. The maximum Gasteiger partial charge on any atom is 0.0975 e. The molecule has 1 atom stereocenters. The largest absolute Gasteiger partial charge is 0.384 e. The lowest BCUT2D eigenvalue weighted by molar-refractivity contribution is 0.229. The van der Waals surface area contributed by atoms with E-state index in [1.165, 1.54) is 0 Å². The van der Waals surface area contributed by atoms with Crippen LogP contribution in [-0.2, 0) is 0 Å². The van der Waals surface area contributed by atoms with E-state index in [0.717, 1.165) is 11.1 Å². The Morgan fingerprint density at radius 2 is 1.59 bits per heavy atom. The Balaban J connectivity index is 2.08. The Bertz CT molecular complexity index is 488. The van der Waals surface area contributed by atoms with Crippen LogP contribution in [-0.4, -0.2) is 5.11 Å². The van der Waals surface area contributed by atoms with Crippen molar-refractivity contribution in [1.82, 2.24) is 0 Å². The lowest BCUT2D eigenvalue weighted by atomic mass is 10.1. The smallest absolute Gasteiger partial charge is 0.0975 e. The highest BCUT2D eigenvalue weighted by Gasteiger charge is 2.00. The minimum absolute atomic E-state index is 0.577. The molecule has 86 valence electrons. The summed E-state index contributed by atoms with van der Waals surface area (Å²) in [7, 11) is 0. The number of hydrogen-bond donors (Lipinski definition) is 1. The Morgan fingerprint density at radius 3 is 2.24 bits per heavy atom. The molecular formula is C15H13ClO. The molecule has 0 radical (unpaired) electrons. The third kappa shape index (κ3) is 3.45. The lowest BCUT2D eigenvalue weighted by Crippen LogP contribution is -1.91. The van der Waals surface area contributed by atoms with E-state index in [9.17, 15) is 5.11 Å². The summed E-state index contributed by atoms with van der Waals surface area (Å²) in [6, 6.07) is 17.0. The standard InChI is InChI=1S/C15H13ClO/c16-14-9-6-12(7-10-14)8-11-15(17)13-4-2-1-3-5-13/h1-11,15,17H/b11-8+/t15-/m0/s1. The average molecular weight is 245 g/mol. The van der Waals surface area contributed by atoms with E-state index in [1.807, 2.05) is 60.7 Å². The van der Waals surface area contributed by atoms with Gasteiger partial charge in [-0.2, -0.15) is 0 Å².